The number of hydrogen-bond acceptors (Lipinski definition) is 4. The molecule has 0 bridgehead atoms. The molecule has 21 heavy (non-hydrogen) atoms. The molecule has 0 aliphatic heterocycles. The summed E-state index contributed by atoms with van der Waals surface area (Å²) < 4.78 is 4.79. The van der Waals surface area contributed by atoms with Crippen molar-refractivity contribution in [3.63, 3.8) is 0 Å². The normalized spacial score (nSPS) is 10.9. The quantitative estimate of drug-likeness (QED) is 0.498. The second kappa shape index (κ2) is 10.2. The van der Waals surface area contributed by atoms with Crippen molar-refractivity contribution in [1.29, 1.82) is 0 Å². The molecule has 0 aromatic rings. The third-order valence-electron chi connectivity index (χ3n) is 2.73. The van der Waals surface area contributed by atoms with Gasteiger partial charge in [0.25, 0.3) is 0 Å². The van der Waals surface area contributed by atoms with Crippen LogP contribution in [0.1, 0.15) is 53.4 Å². The van der Waals surface area contributed by atoms with Gasteiger partial charge in [-0.1, -0.05) is 20.8 Å². The molecule has 0 saturated carbocycles. The highest BCUT2D eigenvalue weighted by molar-refractivity contribution is 5.81. The molecule has 0 unspecified atom stereocenters. The van der Waals surface area contributed by atoms with Gasteiger partial charge in [0, 0.05) is 31.3 Å². The molecule has 0 aliphatic carbocycles. The monoisotopic (exact) mass is 300 g/mol. The summed E-state index contributed by atoms with van der Waals surface area (Å²) in [6.45, 7) is 8.64. The van der Waals surface area contributed by atoms with E-state index in [1.807, 2.05) is 20.8 Å². The summed E-state index contributed by atoms with van der Waals surface area (Å²) in [6, 6.07) is 0. The van der Waals surface area contributed by atoms with E-state index in [0.717, 1.165) is 0 Å². The average Bonchev–Trinajstić information content (AvgIpc) is 2.38. The van der Waals surface area contributed by atoms with Crippen LogP contribution in [0.15, 0.2) is 0 Å². The highest BCUT2D eigenvalue weighted by atomic mass is 16.5. The number of nitrogens with one attached hydrogen (secondary N) is 2. The first-order chi connectivity index (χ1) is 9.77. The van der Waals surface area contributed by atoms with Gasteiger partial charge in [-0.15, -0.1) is 0 Å². The van der Waals surface area contributed by atoms with Gasteiger partial charge in [-0.2, -0.15) is 0 Å². The van der Waals surface area contributed by atoms with Crippen LogP contribution < -0.4 is 10.6 Å². The molecule has 2 amide bonds. The Morgan fingerprint density at radius 1 is 0.952 bits per heavy atom. The van der Waals surface area contributed by atoms with Gasteiger partial charge >= 0.3 is 5.97 Å². The van der Waals surface area contributed by atoms with E-state index in [1.165, 1.54) is 0 Å². The van der Waals surface area contributed by atoms with E-state index in [4.69, 9.17) is 4.74 Å². The molecule has 2 N–H and O–H groups in total. The number of ether oxygens (including phenoxy) is 1. The summed E-state index contributed by atoms with van der Waals surface area (Å²) in [5.74, 6) is -0.321. The number of carbonyl (C=O) groups is 3. The molecule has 6 heteroatoms. The molecule has 0 aliphatic rings. The van der Waals surface area contributed by atoms with Gasteiger partial charge in [-0.25, -0.2) is 0 Å². The van der Waals surface area contributed by atoms with Crippen LogP contribution in [0.3, 0.4) is 0 Å². The Morgan fingerprint density at radius 2 is 1.52 bits per heavy atom. The molecular formula is C15H28N2O4. The first kappa shape index (κ1) is 19.4. The lowest BCUT2D eigenvalue weighted by atomic mass is 9.96. The van der Waals surface area contributed by atoms with Gasteiger partial charge in [0.05, 0.1) is 6.61 Å². The Labute approximate surface area is 127 Å². The Balaban J connectivity index is 3.55. The van der Waals surface area contributed by atoms with Crippen LogP contribution in [0.2, 0.25) is 0 Å². The summed E-state index contributed by atoms with van der Waals surface area (Å²) in [6.07, 6.45) is 1.86. The summed E-state index contributed by atoms with van der Waals surface area (Å²) in [5, 5.41) is 5.53. The van der Waals surface area contributed by atoms with Crippen molar-refractivity contribution in [1.82, 2.24) is 10.6 Å². The molecule has 122 valence electrons. The molecule has 0 atom stereocenters. The molecule has 0 heterocycles. The van der Waals surface area contributed by atoms with Gasteiger partial charge in [0.1, 0.15) is 0 Å². The molecule has 6 nitrogen and oxygen atoms in total. The minimum absolute atomic E-state index is 0.0163. The van der Waals surface area contributed by atoms with E-state index in [1.54, 1.807) is 6.92 Å². The van der Waals surface area contributed by atoms with Crippen LogP contribution in [0.25, 0.3) is 0 Å². The van der Waals surface area contributed by atoms with Crippen LogP contribution in [-0.4, -0.2) is 37.5 Å². The number of rotatable bonds is 9. The minimum Gasteiger partial charge on any atom is -0.466 e. The van der Waals surface area contributed by atoms with Crippen LogP contribution >= 0.6 is 0 Å². The summed E-state index contributed by atoms with van der Waals surface area (Å²) >= 11 is 0. The van der Waals surface area contributed by atoms with Crippen molar-refractivity contribution in [2.24, 2.45) is 5.41 Å². The van der Waals surface area contributed by atoms with Crippen LogP contribution in [0.4, 0.5) is 0 Å². The van der Waals surface area contributed by atoms with Gasteiger partial charge in [-0.05, 0) is 19.8 Å². The molecule has 0 aromatic carbocycles. The lowest BCUT2D eigenvalue weighted by molar-refractivity contribution is -0.143. The van der Waals surface area contributed by atoms with Crippen molar-refractivity contribution in [2.75, 3.05) is 19.7 Å². The fourth-order valence-electron chi connectivity index (χ4n) is 1.50. The Morgan fingerprint density at radius 3 is 2.10 bits per heavy atom. The maximum Gasteiger partial charge on any atom is 0.305 e. The van der Waals surface area contributed by atoms with Crippen molar-refractivity contribution >= 4 is 17.8 Å². The number of amides is 2. The predicted molar refractivity (Wildman–Crippen MR) is 80.6 cm³/mol. The summed E-state index contributed by atoms with van der Waals surface area (Å²) in [5.41, 5.74) is -0.407. The van der Waals surface area contributed by atoms with Crippen LogP contribution in [0.5, 0.6) is 0 Å². The van der Waals surface area contributed by atoms with Crippen LogP contribution in [-0.2, 0) is 19.1 Å². The third kappa shape index (κ3) is 10.8. The predicted octanol–water partition coefficient (Wildman–Crippen LogP) is 1.39. The average molecular weight is 300 g/mol. The summed E-state index contributed by atoms with van der Waals surface area (Å²) in [4.78, 5) is 34.2. The highest BCUT2D eigenvalue weighted by Gasteiger charge is 2.20. The fraction of sp³-hybridized carbons (Fsp3) is 0.800. The molecule has 0 spiro atoms. The maximum absolute atomic E-state index is 11.6. The largest absolute Gasteiger partial charge is 0.466 e. The topological polar surface area (TPSA) is 84.5 Å². The lowest BCUT2D eigenvalue weighted by Crippen LogP contribution is -2.35. The second-order valence-corrected chi connectivity index (χ2v) is 5.87. The van der Waals surface area contributed by atoms with Crippen LogP contribution in [0, 0.1) is 5.41 Å². The first-order valence-corrected chi connectivity index (χ1v) is 7.48. The van der Waals surface area contributed by atoms with Gasteiger partial charge in [0.15, 0.2) is 0 Å². The highest BCUT2D eigenvalue weighted by Crippen LogP contribution is 2.12. The SMILES string of the molecule is CCOC(=O)CCCNC(=O)CCCNC(=O)C(C)(C)C. The molecule has 0 fully saturated rings. The number of carbonyl (C=O) groups excluding carboxylic acids is 3. The molecule has 0 saturated heterocycles. The first-order valence-electron chi connectivity index (χ1n) is 7.48. The third-order valence-corrected chi connectivity index (χ3v) is 2.73. The fourth-order valence-corrected chi connectivity index (χ4v) is 1.50. The molecule has 0 aromatic heterocycles. The minimum atomic E-state index is -0.407. The van der Waals surface area contributed by atoms with E-state index in [2.05, 4.69) is 10.6 Å². The molecule has 0 radical (unpaired) electrons. The Kier molecular flexibility index (Phi) is 9.41. The van der Waals surface area contributed by atoms with Crippen molar-refractivity contribution < 1.29 is 19.1 Å². The zero-order valence-corrected chi connectivity index (χ0v) is 13.6. The van der Waals surface area contributed by atoms with E-state index < -0.39 is 5.41 Å². The Hall–Kier alpha value is -1.59. The van der Waals surface area contributed by atoms with Crippen molar-refractivity contribution in [2.45, 2.75) is 53.4 Å². The Bertz CT molecular complexity index is 348. The lowest BCUT2D eigenvalue weighted by Gasteiger charge is -2.17. The van der Waals surface area contributed by atoms with Crippen molar-refractivity contribution in [3.8, 4) is 0 Å². The van der Waals surface area contributed by atoms with E-state index >= 15 is 0 Å². The maximum atomic E-state index is 11.6. The van der Waals surface area contributed by atoms with Gasteiger partial charge in [-0.3, -0.25) is 14.4 Å². The van der Waals surface area contributed by atoms with Gasteiger partial charge in [0.2, 0.25) is 11.8 Å². The van der Waals surface area contributed by atoms with Crippen molar-refractivity contribution in [3.05, 3.63) is 0 Å². The second-order valence-electron chi connectivity index (χ2n) is 5.87. The number of hydrogen-bond donors (Lipinski definition) is 2. The standard InChI is InChI=1S/C15H28N2O4/c1-5-21-13(19)9-7-10-16-12(18)8-6-11-17-14(20)15(2,3)4/h5-11H2,1-4H3,(H,16,18)(H,17,20). The molecular weight excluding hydrogens is 272 g/mol. The zero-order valence-electron chi connectivity index (χ0n) is 13.6. The summed E-state index contributed by atoms with van der Waals surface area (Å²) in [7, 11) is 0. The molecule has 0 rings (SSSR count). The van der Waals surface area contributed by atoms with Gasteiger partial charge < -0.3 is 15.4 Å². The van der Waals surface area contributed by atoms with E-state index in [-0.39, 0.29) is 17.8 Å². The van der Waals surface area contributed by atoms with E-state index in [9.17, 15) is 14.4 Å². The zero-order chi connectivity index (χ0) is 16.3. The smallest absolute Gasteiger partial charge is 0.305 e. The van der Waals surface area contributed by atoms with E-state index in [0.29, 0.717) is 45.4 Å². The number of esters is 1.